The van der Waals surface area contributed by atoms with Gasteiger partial charge in [-0.05, 0) is 30.9 Å². The van der Waals surface area contributed by atoms with Gasteiger partial charge in [0.1, 0.15) is 11.8 Å². The molecule has 0 N–H and O–H groups in total. The third-order valence-corrected chi connectivity index (χ3v) is 4.96. The Hall–Kier alpha value is -2.63. The molecule has 0 aliphatic rings. The minimum atomic E-state index is -3.47. The predicted molar refractivity (Wildman–Crippen MR) is 105 cm³/mol. The van der Waals surface area contributed by atoms with E-state index in [4.69, 9.17) is 8.92 Å². The van der Waals surface area contributed by atoms with Crippen molar-refractivity contribution in [1.29, 1.82) is 5.26 Å². The largest absolute Gasteiger partial charge is 0.461 e. The van der Waals surface area contributed by atoms with Gasteiger partial charge in [-0.3, -0.25) is 4.18 Å². The molecule has 0 unspecified atom stereocenters. The molecule has 0 saturated carbocycles. The number of benzene rings is 1. The van der Waals surface area contributed by atoms with E-state index >= 15 is 0 Å². The first-order valence-corrected chi connectivity index (χ1v) is 10.8. The molecule has 1 heterocycles. The number of aromatic nitrogens is 1. The monoisotopic (exact) mass is 404 g/mol. The molecule has 0 aliphatic carbocycles. The minimum Gasteiger partial charge on any atom is -0.461 e. The van der Waals surface area contributed by atoms with Gasteiger partial charge in [-0.15, -0.1) is 0 Å². The van der Waals surface area contributed by atoms with Crippen LogP contribution in [0.5, 0.6) is 0 Å². The van der Waals surface area contributed by atoms with Crippen molar-refractivity contribution in [1.82, 2.24) is 4.57 Å². The third kappa shape index (κ3) is 4.80. The van der Waals surface area contributed by atoms with E-state index in [1.165, 1.54) is 0 Å². The van der Waals surface area contributed by atoms with Gasteiger partial charge in [0.25, 0.3) is 10.1 Å². The Morgan fingerprint density at radius 1 is 1.21 bits per heavy atom. The van der Waals surface area contributed by atoms with Crippen molar-refractivity contribution < 1.29 is 22.1 Å². The summed E-state index contributed by atoms with van der Waals surface area (Å²) in [4.78, 5) is 12.5. The second-order valence-electron chi connectivity index (χ2n) is 6.26. The van der Waals surface area contributed by atoms with Gasteiger partial charge < -0.3 is 9.30 Å². The second kappa shape index (κ2) is 9.04. The van der Waals surface area contributed by atoms with Gasteiger partial charge in [0, 0.05) is 18.3 Å². The maximum absolute atomic E-state index is 12.5. The molecule has 0 atom stereocenters. The number of rotatable bonds is 8. The lowest BCUT2D eigenvalue weighted by molar-refractivity contribution is 0.0516. The van der Waals surface area contributed by atoms with Crippen LogP contribution in [0.15, 0.2) is 24.3 Å². The van der Waals surface area contributed by atoms with Crippen molar-refractivity contribution >= 4 is 16.1 Å². The fourth-order valence-corrected chi connectivity index (χ4v) is 3.52. The van der Waals surface area contributed by atoms with Gasteiger partial charge in [0.05, 0.1) is 25.0 Å². The third-order valence-electron chi connectivity index (χ3n) is 4.36. The lowest BCUT2D eigenvalue weighted by Gasteiger charge is -2.09. The summed E-state index contributed by atoms with van der Waals surface area (Å²) >= 11 is 0. The molecule has 0 saturated heterocycles. The highest BCUT2D eigenvalue weighted by Crippen LogP contribution is 2.33. The van der Waals surface area contributed by atoms with E-state index in [9.17, 15) is 18.5 Å². The molecular formula is C20H24N2O5S. The molecule has 0 fully saturated rings. The molecule has 28 heavy (non-hydrogen) atoms. The molecule has 1 aromatic carbocycles. The predicted octanol–water partition coefficient (Wildman–Crippen LogP) is 2.82. The highest BCUT2D eigenvalue weighted by Gasteiger charge is 2.26. The molecule has 0 bridgehead atoms. The number of carbonyl (C=O) groups excluding carboxylic acids is 1. The number of carbonyl (C=O) groups is 1. The van der Waals surface area contributed by atoms with Gasteiger partial charge in [0.15, 0.2) is 0 Å². The smallest absolute Gasteiger partial charge is 0.355 e. The van der Waals surface area contributed by atoms with Crippen LogP contribution in [0.2, 0.25) is 0 Å². The van der Waals surface area contributed by atoms with Crippen LogP contribution in [-0.2, 0) is 38.9 Å². The van der Waals surface area contributed by atoms with Gasteiger partial charge in [0.2, 0.25) is 0 Å². The van der Waals surface area contributed by atoms with Gasteiger partial charge >= 0.3 is 5.97 Å². The fourth-order valence-electron chi connectivity index (χ4n) is 3.14. The normalized spacial score (nSPS) is 11.2. The number of hydrogen-bond acceptors (Lipinski definition) is 6. The summed E-state index contributed by atoms with van der Waals surface area (Å²) in [6, 6.07) is 9.51. The second-order valence-corrected chi connectivity index (χ2v) is 7.91. The first-order chi connectivity index (χ1) is 13.2. The molecule has 8 heteroatoms. The van der Waals surface area contributed by atoms with Crippen molar-refractivity contribution in [3.8, 4) is 17.2 Å². The minimum absolute atomic E-state index is 0.0566. The average molecular weight is 404 g/mol. The van der Waals surface area contributed by atoms with Crippen molar-refractivity contribution in [3.05, 3.63) is 46.8 Å². The molecule has 0 aliphatic heterocycles. The molecule has 150 valence electrons. The summed E-state index contributed by atoms with van der Waals surface area (Å²) in [5.74, 6) is -0.471. The Morgan fingerprint density at radius 2 is 1.86 bits per heavy atom. The van der Waals surface area contributed by atoms with Crippen LogP contribution < -0.4 is 0 Å². The van der Waals surface area contributed by atoms with Gasteiger partial charge in [-0.1, -0.05) is 31.2 Å². The molecule has 2 aromatic rings. The molecule has 0 radical (unpaired) electrons. The summed E-state index contributed by atoms with van der Waals surface area (Å²) in [7, 11) is -1.71. The first kappa shape index (κ1) is 21.7. The first-order valence-electron chi connectivity index (χ1n) is 8.95. The van der Waals surface area contributed by atoms with Crippen LogP contribution in [0.3, 0.4) is 0 Å². The van der Waals surface area contributed by atoms with E-state index in [1.807, 2.05) is 31.2 Å². The van der Waals surface area contributed by atoms with Gasteiger partial charge in [-0.2, -0.15) is 13.7 Å². The summed E-state index contributed by atoms with van der Waals surface area (Å²) in [6.07, 6.45) is 2.04. The fraction of sp³-hybridized carbons (Fsp3) is 0.400. The number of ether oxygens (including phenoxy) is 1. The number of hydrogen-bond donors (Lipinski definition) is 0. The summed E-state index contributed by atoms with van der Waals surface area (Å²) in [6.45, 7) is 3.96. The Morgan fingerprint density at radius 3 is 2.36 bits per heavy atom. The lowest BCUT2D eigenvalue weighted by atomic mass is 9.98. The van der Waals surface area contributed by atoms with Gasteiger partial charge in [-0.25, -0.2) is 4.79 Å². The zero-order chi connectivity index (χ0) is 20.9. The topological polar surface area (TPSA) is 98.4 Å². The SMILES string of the molecule is CCOC(=O)c1c(-c2ccc(CCOS(C)(=O)=O)cc2)c(C#N)c(CC)n1C. The van der Waals surface area contributed by atoms with E-state index in [0.29, 0.717) is 29.7 Å². The zero-order valence-electron chi connectivity index (χ0n) is 16.5. The summed E-state index contributed by atoms with van der Waals surface area (Å²) < 4.78 is 33.8. The molecule has 7 nitrogen and oxygen atoms in total. The molecule has 1 aromatic heterocycles. The van der Waals surface area contributed by atoms with Crippen LogP contribution in [0.25, 0.3) is 11.1 Å². The van der Waals surface area contributed by atoms with Crippen LogP contribution in [0.1, 0.15) is 41.2 Å². The highest BCUT2D eigenvalue weighted by molar-refractivity contribution is 7.85. The molecule has 2 rings (SSSR count). The van der Waals surface area contributed by atoms with Crippen LogP contribution >= 0.6 is 0 Å². The van der Waals surface area contributed by atoms with E-state index in [2.05, 4.69) is 6.07 Å². The van der Waals surface area contributed by atoms with E-state index in [1.54, 1.807) is 18.5 Å². The lowest BCUT2D eigenvalue weighted by Crippen LogP contribution is -2.12. The van der Waals surface area contributed by atoms with E-state index in [-0.39, 0.29) is 13.2 Å². The molecule has 0 spiro atoms. The highest BCUT2D eigenvalue weighted by atomic mass is 32.2. The Kier molecular flexibility index (Phi) is 7.00. The standard InChI is InChI=1S/C20H24N2O5S/c1-5-17-16(13-21)18(19(22(17)3)20(23)26-6-2)15-9-7-14(8-10-15)11-12-27-28(4,24)25/h7-10H,5-6,11-12H2,1-4H3. The van der Waals surface area contributed by atoms with E-state index < -0.39 is 16.1 Å². The van der Waals surface area contributed by atoms with Crippen LogP contribution in [0, 0.1) is 11.3 Å². The zero-order valence-corrected chi connectivity index (χ0v) is 17.3. The number of nitriles is 1. The van der Waals surface area contributed by atoms with Crippen LogP contribution in [-0.4, -0.2) is 38.4 Å². The van der Waals surface area contributed by atoms with Crippen molar-refractivity contribution in [3.63, 3.8) is 0 Å². The molecular weight excluding hydrogens is 380 g/mol. The van der Waals surface area contributed by atoms with Crippen molar-refractivity contribution in [2.45, 2.75) is 26.7 Å². The Balaban J connectivity index is 2.43. The summed E-state index contributed by atoms with van der Waals surface area (Å²) in [5, 5.41) is 9.70. The van der Waals surface area contributed by atoms with Crippen LogP contribution in [0.4, 0.5) is 0 Å². The quantitative estimate of drug-likeness (QED) is 0.496. The van der Waals surface area contributed by atoms with Crippen molar-refractivity contribution in [2.24, 2.45) is 7.05 Å². The molecule has 0 amide bonds. The van der Waals surface area contributed by atoms with Crippen molar-refractivity contribution in [2.75, 3.05) is 19.5 Å². The summed E-state index contributed by atoms with van der Waals surface area (Å²) in [5.41, 5.74) is 3.74. The number of nitrogens with zero attached hydrogens (tertiary/aromatic N) is 2. The maximum Gasteiger partial charge on any atom is 0.355 e. The number of esters is 1. The Labute approximate surface area is 165 Å². The average Bonchev–Trinajstić information content (AvgIpc) is 2.93. The Bertz CT molecular complexity index is 999. The van der Waals surface area contributed by atoms with E-state index in [0.717, 1.165) is 23.1 Å². The maximum atomic E-state index is 12.5.